The van der Waals surface area contributed by atoms with E-state index in [0.29, 0.717) is 15.7 Å². The fourth-order valence-electron chi connectivity index (χ4n) is 3.43. The van der Waals surface area contributed by atoms with Crippen molar-refractivity contribution in [2.24, 2.45) is 0 Å². The van der Waals surface area contributed by atoms with E-state index in [1.54, 1.807) is 37.3 Å². The zero-order valence-corrected chi connectivity index (χ0v) is 21.1. The maximum atomic E-state index is 13.6. The van der Waals surface area contributed by atoms with E-state index in [9.17, 15) is 14.4 Å². The van der Waals surface area contributed by atoms with Gasteiger partial charge < -0.3 is 10.1 Å². The number of carbonyl (C=O) groups is 3. The van der Waals surface area contributed by atoms with E-state index in [2.05, 4.69) is 5.32 Å². The Bertz CT molecular complexity index is 1360. The predicted octanol–water partition coefficient (Wildman–Crippen LogP) is 6.47. The third-order valence-corrected chi connectivity index (χ3v) is 6.94. The molecule has 3 aromatic rings. The van der Waals surface area contributed by atoms with E-state index < -0.39 is 17.8 Å². The normalized spacial score (nSPS) is 13.4. The Morgan fingerprint density at radius 2 is 1.69 bits per heavy atom. The van der Waals surface area contributed by atoms with E-state index in [1.807, 2.05) is 31.2 Å². The van der Waals surface area contributed by atoms with Crippen LogP contribution in [0.25, 0.3) is 0 Å². The number of anilines is 2. The Labute approximate surface area is 216 Å². The van der Waals surface area contributed by atoms with E-state index in [1.165, 1.54) is 12.1 Å². The number of amides is 2. The molecule has 35 heavy (non-hydrogen) atoms. The highest BCUT2D eigenvalue weighted by atomic mass is 35.5. The average Bonchev–Trinajstić information content (AvgIpc) is 3.06. The molecule has 2 amide bonds. The highest BCUT2D eigenvalue weighted by Gasteiger charge is 2.41. The van der Waals surface area contributed by atoms with Gasteiger partial charge in [-0.05, 0) is 56.3 Å². The summed E-state index contributed by atoms with van der Waals surface area (Å²) in [5.41, 5.74) is 1.88. The molecule has 0 bridgehead atoms. The standard InChI is InChI=1S/C26H20Cl2N2O4S/c1-3-34-26(33)18-6-4-5-7-21(18)30-24(31)22(29-16-10-13-19(27)20(28)14-16)23(25(30)32)35-17-11-8-15(2)9-12-17/h4-14,29H,3H2,1-2H3. The van der Waals surface area contributed by atoms with Gasteiger partial charge in [-0.25, -0.2) is 9.69 Å². The number of hydrogen-bond acceptors (Lipinski definition) is 6. The molecule has 1 heterocycles. The minimum Gasteiger partial charge on any atom is -0.462 e. The summed E-state index contributed by atoms with van der Waals surface area (Å²) in [6.45, 7) is 3.80. The lowest BCUT2D eigenvalue weighted by Gasteiger charge is -2.18. The molecule has 6 nitrogen and oxygen atoms in total. The van der Waals surface area contributed by atoms with E-state index in [0.717, 1.165) is 27.1 Å². The quantitative estimate of drug-likeness (QED) is 0.281. The maximum Gasteiger partial charge on any atom is 0.340 e. The van der Waals surface area contributed by atoms with Crippen LogP contribution in [0.2, 0.25) is 10.0 Å². The van der Waals surface area contributed by atoms with Crippen molar-refractivity contribution in [2.45, 2.75) is 18.7 Å². The number of hydrogen-bond donors (Lipinski definition) is 1. The lowest BCUT2D eigenvalue weighted by atomic mass is 10.1. The first kappa shape index (κ1) is 24.9. The SMILES string of the molecule is CCOC(=O)c1ccccc1N1C(=O)C(Nc2ccc(Cl)c(Cl)c2)=C(Sc2ccc(C)cc2)C1=O. The van der Waals surface area contributed by atoms with Crippen molar-refractivity contribution < 1.29 is 19.1 Å². The van der Waals surface area contributed by atoms with E-state index in [4.69, 9.17) is 27.9 Å². The van der Waals surface area contributed by atoms with Gasteiger partial charge in [0, 0.05) is 10.6 Å². The third kappa shape index (κ3) is 5.22. The number of halogens is 2. The Morgan fingerprint density at radius 1 is 0.971 bits per heavy atom. The fraction of sp³-hybridized carbons (Fsp3) is 0.115. The summed E-state index contributed by atoms with van der Waals surface area (Å²) in [7, 11) is 0. The predicted molar refractivity (Wildman–Crippen MR) is 139 cm³/mol. The number of carbonyl (C=O) groups excluding carboxylic acids is 3. The van der Waals surface area contributed by atoms with Crippen LogP contribution in [0, 0.1) is 6.92 Å². The molecule has 0 unspecified atom stereocenters. The van der Waals surface area contributed by atoms with Crippen LogP contribution in [0.5, 0.6) is 0 Å². The lowest BCUT2D eigenvalue weighted by molar-refractivity contribution is -0.120. The van der Waals surface area contributed by atoms with Crippen LogP contribution in [-0.2, 0) is 14.3 Å². The zero-order valence-electron chi connectivity index (χ0n) is 18.8. The Kier molecular flexibility index (Phi) is 7.50. The molecule has 0 aliphatic carbocycles. The molecule has 0 aromatic heterocycles. The second-order valence-electron chi connectivity index (χ2n) is 7.56. The summed E-state index contributed by atoms with van der Waals surface area (Å²) < 4.78 is 5.13. The number of nitrogens with zero attached hydrogens (tertiary/aromatic N) is 1. The van der Waals surface area contributed by atoms with Gasteiger partial charge in [-0.15, -0.1) is 0 Å². The van der Waals surface area contributed by atoms with Gasteiger partial charge >= 0.3 is 5.97 Å². The van der Waals surface area contributed by atoms with Crippen LogP contribution in [-0.4, -0.2) is 24.4 Å². The second kappa shape index (κ2) is 10.6. The number of nitrogens with one attached hydrogen (secondary N) is 1. The first-order valence-electron chi connectivity index (χ1n) is 10.7. The Balaban J connectivity index is 1.78. The maximum absolute atomic E-state index is 13.6. The van der Waals surface area contributed by atoms with Crippen molar-refractivity contribution in [3.8, 4) is 0 Å². The Hall–Kier alpha value is -3.26. The van der Waals surface area contributed by atoms with E-state index in [-0.39, 0.29) is 28.5 Å². The number of rotatable bonds is 7. The molecule has 0 fully saturated rings. The van der Waals surface area contributed by atoms with Crippen LogP contribution in [0.1, 0.15) is 22.8 Å². The van der Waals surface area contributed by atoms with Gasteiger partial charge in [-0.2, -0.15) is 0 Å². The average molecular weight is 527 g/mol. The lowest BCUT2D eigenvalue weighted by Crippen LogP contribution is -2.33. The molecule has 3 aromatic carbocycles. The van der Waals surface area contributed by atoms with Crippen molar-refractivity contribution in [2.75, 3.05) is 16.8 Å². The molecule has 0 radical (unpaired) electrons. The minimum atomic E-state index is -0.623. The molecule has 1 aliphatic rings. The summed E-state index contributed by atoms with van der Waals surface area (Å²) in [4.78, 5) is 41.7. The molecular formula is C26H20Cl2N2O4S. The number of esters is 1. The molecule has 1 N–H and O–H groups in total. The highest BCUT2D eigenvalue weighted by molar-refractivity contribution is 8.04. The van der Waals surface area contributed by atoms with Crippen LogP contribution >= 0.6 is 35.0 Å². The molecule has 1 aliphatic heterocycles. The highest BCUT2D eigenvalue weighted by Crippen LogP contribution is 2.39. The van der Waals surface area contributed by atoms with Gasteiger partial charge in [0.2, 0.25) is 0 Å². The van der Waals surface area contributed by atoms with Crippen molar-refractivity contribution in [3.63, 3.8) is 0 Å². The van der Waals surface area contributed by atoms with Gasteiger partial charge in [-0.1, -0.05) is 64.8 Å². The second-order valence-corrected chi connectivity index (χ2v) is 9.45. The fourth-order valence-corrected chi connectivity index (χ4v) is 4.65. The van der Waals surface area contributed by atoms with Gasteiger partial charge in [0.05, 0.1) is 27.9 Å². The van der Waals surface area contributed by atoms with Crippen LogP contribution < -0.4 is 10.2 Å². The topological polar surface area (TPSA) is 75.7 Å². The Morgan fingerprint density at radius 3 is 2.37 bits per heavy atom. The summed E-state index contributed by atoms with van der Waals surface area (Å²) in [6, 6.07) is 18.8. The van der Waals surface area contributed by atoms with Gasteiger partial charge in [-0.3, -0.25) is 9.59 Å². The molecular weight excluding hydrogens is 507 g/mol. The van der Waals surface area contributed by atoms with Crippen molar-refractivity contribution in [3.05, 3.63) is 98.5 Å². The number of thioether (sulfide) groups is 1. The molecule has 178 valence electrons. The number of para-hydroxylation sites is 1. The number of aryl methyl sites for hydroxylation is 1. The number of ether oxygens (including phenoxy) is 1. The third-order valence-electron chi connectivity index (χ3n) is 5.11. The van der Waals surface area contributed by atoms with Gasteiger partial charge in [0.15, 0.2) is 0 Å². The number of imide groups is 1. The summed E-state index contributed by atoms with van der Waals surface area (Å²) >= 11 is 13.3. The van der Waals surface area contributed by atoms with Gasteiger partial charge in [0.25, 0.3) is 11.8 Å². The van der Waals surface area contributed by atoms with Crippen molar-refractivity contribution in [1.82, 2.24) is 0 Å². The van der Waals surface area contributed by atoms with E-state index >= 15 is 0 Å². The van der Waals surface area contributed by atoms with Crippen LogP contribution in [0.3, 0.4) is 0 Å². The van der Waals surface area contributed by atoms with Crippen molar-refractivity contribution >= 4 is 64.1 Å². The molecule has 0 saturated carbocycles. The monoisotopic (exact) mass is 526 g/mol. The summed E-state index contributed by atoms with van der Waals surface area (Å²) in [5.74, 6) is -1.78. The number of benzene rings is 3. The molecule has 4 rings (SSSR count). The minimum absolute atomic E-state index is 0.0672. The molecule has 0 atom stereocenters. The summed E-state index contributed by atoms with van der Waals surface area (Å²) in [5, 5.41) is 3.69. The zero-order chi connectivity index (χ0) is 25.1. The van der Waals surface area contributed by atoms with Gasteiger partial charge in [0.1, 0.15) is 10.6 Å². The first-order valence-corrected chi connectivity index (χ1v) is 12.2. The first-order chi connectivity index (χ1) is 16.8. The summed E-state index contributed by atoms with van der Waals surface area (Å²) in [6.07, 6.45) is 0. The van der Waals surface area contributed by atoms with Crippen LogP contribution in [0.4, 0.5) is 11.4 Å². The molecule has 0 saturated heterocycles. The smallest absolute Gasteiger partial charge is 0.340 e. The largest absolute Gasteiger partial charge is 0.462 e. The molecule has 9 heteroatoms. The van der Waals surface area contributed by atoms with Crippen LogP contribution in [0.15, 0.2) is 82.2 Å². The molecule has 0 spiro atoms. The van der Waals surface area contributed by atoms with Crippen molar-refractivity contribution in [1.29, 1.82) is 0 Å².